The van der Waals surface area contributed by atoms with E-state index < -0.39 is 0 Å². The van der Waals surface area contributed by atoms with Gasteiger partial charge in [0.15, 0.2) is 0 Å². The van der Waals surface area contributed by atoms with Gasteiger partial charge < -0.3 is 0 Å². The van der Waals surface area contributed by atoms with E-state index in [1.165, 1.54) is 0 Å². The van der Waals surface area contributed by atoms with E-state index in [9.17, 15) is 0 Å². The second-order valence-corrected chi connectivity index (χ2v) is 2.39. The third kappa shape index (κ3) is 1.58. The highest BCUT2D eigenvalue weighted by molar-refractivity contribution is 6.21. The molecule has 10 heavy (non-hydrogen) atoms. The summed E-state index contributed by atoms with van der Waals surface area (Å²) in [7, 11) is 0. The molecule has 0 aromatic carbocycles. The minimum atomic E-state index is -0.117. The molecule has 52 valence electrons. The van der Waals surface area contributed by atoms with Crippen molar-refractivity contribution < 1.29 is 0 Å². The highest BCUT2D eigenvalue weighted by atomic mass is 35.5. The zero-order valence-electron chi connectivity index (χ0n) is 5.50. The quantitative estimate of drug-likeness (QED) is 0.470. The molecule has 0 saturated heterocycles. The number of halogens is 1. The molecule has 1 heterocycles. The van der Waals surface area contributed by atoms with E-state index in [-0.39, 0.29) is 5.38 Å². The maximum absolute atomic E-state index is 5.83. The Hall–Kier alpha value is -0.820. The lowest BCUT2D eigenvalue weighted by Crippen LogP contribution is -1.84. The van der Waals surface area contributed by atoms with Crippen LogP contribution in [0.4, 0.5) is 0 Å². The number of alkyl halides is 1. The standard InChI is InChI=1S/C8H8ClN/c1-2-8(9)7-4-3-5-10-6-7/h2-6,8H,1H2. The molecule has 1 unspecified atom stereocenters. The van der Waals surface area contributed by atoms with Gasteiger partial charge in [-0.25, -0.2) is 0 Å². The Morgan fingerprint density at radius 3 is 3.00 bits per heavy atom. The lowest BCUT2D eigenvalue weighted by Gasteiger charge is -2.00. The smallest absolute Gasteiger partial charge is 0.0778 e. The van der Waals surface area contributed by atoms with E-state index in [0.717, 1.165) is 5.56 Å². The summed E-state index contributed by atoms with van der Waals surface area (Å²) in [6, 6.07) is 3.78. The molecule has 0 amide bonds. The number of hydrogen-bond donors (Lipinski definition) is 0. The third-order valence-electron chi connectivity index (χ3n) is 1.21. The second kappa shape index (κ2) is 3.37. The third-order valence-corrected chi connectivity index (χ3v) is 1.64. The minimum Gasteiger partial charge on any atom is -0.264 e. The number of rotatable bonds is 2. The normalized spacial score (nSPS) is 12.5. The van der Waals surface area contributed by atoms with E-state index in [0.29, 0.717) is 0 Å². The van der Waals surface area contributed by atoms with Gasteiger partial charge in [-0.3, -0.25) is 4.98 Å². The van der Waals surface area contributed by atoms with Crippen LogP contribution in [0.1, 0.15) is 10.9 Å². The lowest BCUT2D eigenvalue weighted by molar-refractivity contribution is 1.16. The van der Waals surface area contributed by atoms with E-state index in [2.05, 4.69) is 11.6 Å². The SMILES string of the molecule is C=CC(Cl)c1cccnc1. The molecule has 1 nitrogen and oxygen atoms in total. The van der Waals surface area contributed by atoms with Crippen LogP contribution in [0.2, 0.25) is 0 Å². The summed E-state index contributed by atoms with van der Waals surface area (Å²) < 4.78 is 0. The van der Waals surface area contributed by atoms with Gasteiger partial charge >= 0.3 is 0 Å². The van der Waals surface area contributed by atoms with Gasteiger partial charge in [0.1, 0.15) is 0 Å². The van der Waals surface area contributed by atoms with Crippen molar-refractivity contribution in [1.82, 2.24) is 4.98 Å². The highest BCUT2D eigenvalue weighted by Crippen LogP contribution is 2.18. The molecule has 0 saturated carbocycles. The molecule has 1 rings (SSSR count). The predicted octanol–water partition coefficient (Wildman–Crippen LogP) is 2.55. The summed E-state index contributed by atoms with van der Waals surface area (Å²) in [5.41, 5.74) is 0.985. The van der Waals surface area contributed by atoms with Crippen LogP contribution in [-0.2, 0) is 0 Å². The Morgan fingerprint density at radius 2 is 2.50 bits per heavy atom. The van der Waals surface area contributed by atoms with Crippen molar-refractivity contribution in [3.63, 3.8) is 0 Å². The van der Waals surface area contributed by atoms with Crippen LogP contribution in [0, 0.1) is 0 Å². The molecule has 0 aliphatic carbocycles. The lowest BCUT2D eigenvalue weighted by atomic mass is 10.2. The van der Waals surface area contributed by atoms with E-state index in [1.54, 1.807) is 18.5 Å². The molecule has 1 aromatic heterocycles. The summed E-state index contributed by atoms with van der Waals surface area (Å²) in [5, 5.41) is -0.117. The van der Waals surface area contributed by atoms with Crippen LogP contribution in [0.5, 0.6) is 0 Å². The van der Waals surface area contributed by atoms with Gasteiger partial charge in [-0.1, -0.05) is 12.1 Å². The van der Waals surface area contributed by atoms with Crippen molar-refractivity contribution in [1.29, 1.82) is 0 Å². The predicted molar refractivity (Wildman–Crippen MR) is 43.0 cm³/mol. The second-order valence-electron chi connectivity index (χ2n) is 1.92. The van der Waals surface area contributed by atoms with Crippen molar-refractivity contribution in [3.8, 4) is 0 Å². The molecule has 0 bridgehead atoms. The zero-order chi connectivity index (χ0) is 7.40. The van der Waals surface area contributed by atoms with Gasteiger partial charge in [-0.2, -0.15) is 0 Å². The Labute approximate surface area is 65.4 Å². The number of allylic oxidation sites excluding steroid dienone is 1. The fourth-order valence-electron chi connectivity index (χ4n) is 0.675. The minimum absolute atomic E-state index is 0.117. The average molecular weight is 154 g/mol. The van der Waals surface area contributed by atoms with Crippen molar-refractivity contribution in [2.24, 2.45) is 0 Å². The van der Waals surface area contributed by atoms with Crippen molar-refractivity contribution >= 4 is 11.6 Å². The molecule has 0 fully saturated rings. The first-order chi connectivity index (χ1) is 4.84. The first-order valence-corrected chi connectivity index (χ1v) is 3.45. The molecule has 1 atom stereocenters. The Kier molecular flexibility index (Phi) is 2.46. The van der Waals surface area contributed by atoms with E-state index in [4.69, 9.17) is 11.6 Å². The molecule has 0 aliphatic heterocycles. The molecule has 2 heteroatoms. The monoisotopic (exact) mass is 153 g/mol. The van der Waals surface area contributed by atoms with Crippen molar-refractivity contribution in [3.05, 3.63) is 42.7 Å². The highest BCUT2D eigenvalue weighted by Gasteiger charge is 1.99. The maximum Gasteiger partial charge on any atom is 0.0778 e. The number of pyridine rings is 1. The number of nitrogens with zero attached hydrogens (tertiary/aromatic N) is 1. The van der Waals surface area contributed by atoms with Crippen LogP contribution < -0.4 is 0 Å². The van der Waals surface area contributed by atoms with Gasteiger partial charge in [-0.15, -0.1) is 18.2 Å². The molecule has 1 aromatic rings. The summed E-state index contributed by atoms with van der Waals surface area (Å²) >= 11 is 5.83. The van der Waals surface area contributed by atoms with Crippen LogP contribution in [0.15, 0.2) is 37.2 Å². The van der Waals surface area contributed by atoms with E-state index >= 15 is 0 Å². The molecule has 0 radical (unpaired) electrons. The number of hydrogen-bond acceptors (Lipinski definition) is 1. The van der Waals surface area contributed by atoms with Gasteiger partial charge in [0, 0.05) is 12.4 Å². The summed E-state index contributed by atoms with van der Waals surface area (Å²) in [4.78, 5) is 3.92. The van der Waals surface area contributed by atoms with Crippen LogP contribution >= 0.6 is 11.6 Å². The maximum atomic E-state index is 5.83. The molecular weight excluding hydrogens is 146 g/mol. The fourth-order valence-corrected chi connectivity index (χ4v) is 0.804. The summed E-state index contributed by atoms with van der Waals surface area (Å²) in [5.74, 6) is 0. The van der Waals surface area contributed by atoms with Crippen LogP contribution in [0.25, 0.3) is 0 Å². The number of aromatic nitrogens is 1. The Bertz CT molecular complexity index is 208. The molecule has 0 N–H and O–H groups in total. The van der Waals surface area contributed by atoms with Crippen LogP contribution in [0.3, 0.4) is 0 Å². The van der Waals surface area contributed by atoms with Gasteiger partial charge in [0.2, 0.25) is 0 Å². The first-order valence-electron chi connectivity index (χ1n) is 3.01. The Balaban J connectivity index is 2.84. The van der Waals surface area contributed by atoms with Gasteiger partial charge in [0.05, 0.1) is 5.38 Å². The topological polar surface area (TPSA) is 12.9 Å². The van der Waals surface area contributed by atoms with E-state index in [1.807, 2.05) is 12.1 Å². The average Bonchev–Trinajstić information content (AvgIpc) is 2.05. The van der Waals surface area contributed by atoms with Gasteiger partial charge in [0.25, 0.3) is 0 Å². The summed E-state index contributed by atoms with van der Waals surface area (Å²) in [6.07, 6.45) is 5.13. The first kappa shape index (κ1) is 7.29. The van der Waals surface area contributed by atoms with Crippen LogP contribution in [-0.4, -0.2) is 4.98 Å². The van der Waals surface area contributed by atoms with Gasteiger partial charge in [-0.05, 0) is 11.6 Å². The van der Waals surface area contributed by atoms with Crippen molar-refractivity contribution in [2.75, 3.05) is 0 Å². The molecular formula is C8H8ClN. The molecule has 0 spiro atoms. The van der Waals surface area contributed by atoms with Crippen molar-refractivity contribution in [2.45, 2.75) is 5.38 Å². The fraction of sp³-hybridized carbons (Fsp3) is 0.125. The largest absolute Gasteiger partial charge is 0.264 e. The zero-order valence-corrected chi connectivity index (χ0v) is 6.25. The summed E-state index contributed by atoms with van der Waals surface area (Å²) in [6.45, 7) is 3.58. The Morgan fingerprint density at radius 1 is 1.70 bits per heavy atom. The molecule has 0 aliphatic rings.